The number of alkyl halides is 3. The molecule has 4 aromatic rings. The van der Waals surface area contributed by atoms with Crippen LogP contribution >= 0.6 is 0 Å². The predicted octanol–water partition coefficient (Wildman–Crippen LogP) is 7.51. The van der Waals surface area contributed by atoms with E-state index in [4.69, 9.17) is 0 Å². The van der Waals surface area contributed by atoms with Crippen LogP contribution in [0.3, 0.4) is 0 Å². The summed E-state index contributed by atoms with van der Waals surface area (Å²) < 4.78 is 50.0. The van der Waals surface area contributed by atoms with Crippen LogP contribution < -0.4 is 16.0 Å². The number of hydrogen-bond donors (Lipinski definition) is 4. The van der Waals surface area contributed by atoms with Crippen molar-refractivity contribution < 1.29 is 18.4 Å². The molecule has 282 valence electrons. The Hall–Kier alpha value is -3.57. The average Bonchev–Trinajstić information content (AvgIpc) is 4.01. The van der Waals surface area contributed by atoms with Gasteiger partial charge in [0.15, 0.2) is 0 Å². The lowest BCUT2D eigenvalue weighted by Crippen LogP contribution is -2.72. The Bertz CT molecular complexity index is 1890. The number of hydrogen-bond acceptors (Lipinski definition) is 6. The normalized spacial score (nSPS) is 39.4. The summed E-state index contributed by atoms with van der Waals surface area (Å²) in [6.07, 6.45) is 0.336. The molecule has 54 heavy (non-hydrogen) atoms. The molecule has 0 aliphatic carbocycles. The highest BCUT2D eigenvalue weighted by molar-refractivity contribution is 5.40. The highest BCUT2D eigenvalue weighted by Crippen LogP contribution is 2.59. The summed E-state index contributed by atoms with van der Waals surface area (Å²) in [5.41, 5.74) is 3.97. The van der Waals surface area contributed by atoms with Crippen LogP contribution in [0.15, 0.2) is 121 Å². The quantitative estimate of drug-likeness (QED) is 0.129. The smallest absolute Gasteiger partial charge is 0.313 e. The maximum Gasteiger partial charge on any atom is 0.460 e. The van der Waals surface area contributed by atoms with Gasteiger partial charge < -0.3 is 21.2 Å². The molecule has 10 rings (SSSR count). The van der Waals surface area contributed by atoms with Crippen LogP contribution in [0.1, 0.15) is 84.5 Å². The second-order valence-electron chi connectivity index (χ2n) is 16.8. The Balaban J connectivity index is 1.24. The molecular weight excluding hydrogens is 684 g/mol. The predicted molar refractivity (Wildman–Crippen MR) is 203 cm³/mol. The second kappa shape index (κ2) is 13.9. The van der Waals surface area contributed by atoms with Crippen molar-refractivity contribution in [2.45, 2.75) is 129 Å². The number of nitrogens with one attached hydrogen (secondary N) is 3. The summed E-state index contributed by atoms with van der Waals surface area (Å²) in [6, 6.07) is 37.1. The summed E-state index contributed by atoms with van der Waals surface area (Å²) in [7, 11) is 0. The number of rotatable bonds is 4. The fraction of sp³-hybridized carbons (Fsp3) is 0.467. The lowest BCUT2D eigenvalue weighted by atomic mass is 9.70. The number of nitrogens with zero attached hydrogens (tertiary/aromatic N) is 2. The summed E-state index contributed by atoms with van der Waals surface area (Å²) in [4.78, 5) is 0.950. The standard InChI is InChI=1S/C45H50F3N5O/c46-45(47,48)52-43-38(28-15-7-2-8-16-28)33-22-21-31(49-33)37(27-13-5-1-6-14-27)32-23-24-34(50-32)41-35-25-26-36(51-35)42(53(41)54)44(52)40(30-19-11-4-12-20-30)39(43)29-17-9-3-10-18-29/h1-20,31-44,49-51,54H,21-26H2. The summed E-state index contributed by atoms with van der Waals surface area (Å²) in [5, 5.41) is 26.2. The van der Waals surface area contributed by atoms with Gasteiger partial charge in [0.25, 0.3) is 0 Å². The summed E-state index contributed by atoms with van der Waals surface area (Å²) in [6.45, 7) is 0. The Morgan fingerprint density at radius 1 is 0.407 bits per heavy atom. The Kier molecular flexibility index (Phi) is 8.96. The third kappa shape index (κ3) is 5.77. The molecule has 0 amide bonds. The summed E-state index contributed by atoms with van der Waals surface area (Å²) in [5.74, 6) is -1.41. The van der Waals surface area contributed by atoms with E-state index in [1.54, 1.807) is 0 Å². The zero-order valence-corrected chi connectivity index (χ0v) is 30.3. The fourth-order valence-corrected chi connectivity index (χ4v) is 12.5. The minimum Gasteiger partial charge on any atom is -0.313 e. The van der Waals surface area contributed by atoms with E-state index < -0.39 is 42.2 Å². The van der Waals surface area contributed by atoms with Gasteiger partial charge in [-0.25, -0.2) is 4.90 Å². The lowest BCUT2D eigenvalue weighted by molar-refractivity contribution is -0.286. The fourth-order valence-electron chi connectivity index (χ4n) is 12.5. The molecule has 6 aliphatic rings. The van der Waals surface area contributed by atoms with Crippen molar-refractivity contribution in [3.8, 4) is 0 Å². The molecule has 0 spiro atoms. The van der Waals surface area contributed by atoms with Crippen LogP contribution in [0.5, 0.6) is 0 Å². The van der Waals surface area contributed by atoms with E-state index in [9.17, 15) is 5.21 Å². The minimum absolute atomic E-state index is 0.00160. The maximum atomic E-state index is 16.7. The first-order chi connectivity index (χ1) is 26.4. The molecule has 4 aromatic carbocycles. The van der Waals surface area contributed by atoms with Gasteiger partial charge in [-0.05, 0) is 60.8 Å². The number of piperazine rings is 1. The highest BCUT2D eigenvalue weighted by atomic mass is 19.4. The van der Waals surface area contributed by atoms with Gasteiger partial charge >= 0.3 is 6.30 Å². The van der Waals surface area contributed by atoms with E-state index in [2.05, 4.69) is 46.3 Å². The van der Waals surface area contributed by atoms with Gasteiger partial charge in [-0.3, -0.25) is 0 Å². The van der Waals surface area contributed by atoms with Gasteiger partial charge in [-0.1, -0.05) is 121 Å². The van der Waals surface area contributed by atoms with Gasteiger partial charge in [0.2, 0.25) is 0 Å². The van der Waals surface area contributed by atoms with Crippen molar-refractivity contribution >= 4 is 0 Å². The van der Waals surface area contributed by atoms with Gasteiger partial charge in [0, 0.05) is 72.0 Å². The van der Waals surface area contributed by atoms with Crippen molar-refractivity contribution in [2.75, 3.05) is 0 Å². The van der Waals surface area contributed by atoms with Crippen molar-refractivity contribution in [1.29, 1.82) is 0 Å². The number of benzene rings is 4. The van der Waals surface area contributed by atoms with Crippen LogP contribution in [0.4, 0.5) is 13.2 Å². The molecule has 6 saturated heterocycles. The first kappa shape index (κ1) is 34.9. The molecule has 4 N–H and O–H groups in total. The first-order valence-electron chi connectivity index (χ1n) is 20.2. The van der Waals surface area contributed by atoms with Crippen LogP contribution in [0.25, 0.3) is 0 Å². The van der Waals surface area contributed by atoms with Crippen molar-refractivity contribution in [3.05, 3.63) is 144 Å². The third-order valence-electron chi connectivity index (χ3n) is 14.3. The first-order valence-corrected chi connectivity index (χ1v) is 20.2. The van der Waals surface area contributed by atoms with Gasteiger partial charge in [0.05, 0.1) is 12.1 Å². The van der Waals surface area contributed by atoms with Crippen LogP contribution in [-0.4, -0.2) is 81.9 Å². The summed E-state index contributed by atoms with van der Waals surface area (Å²) >= 11 is 0. The molecule has 0 radical (unpaired) electrons. The van der Waals surface area contributed by atoms with E-state index in [0.717, 1.165) is 60.1 Å². The third-order valence-corrected chi connectivity index (χ3v) is 14.3. The lowest BCUT2D eigenvalue weighted by Gasteiger charge is -2.51. The molecule has 10 bridgehead atoms. The van der Waals surface area contributed by atoms with E-state index in [-0.39, 0.29) is 48.2 Å². The number of hydroxylamine groups is 2. The van der Waals surface area contributed by atoms with Gasteiger partial charge in [0.1, 0.15) is 0 Å². The van der Waals surface area contributed by atoms with Crippen molar-refractivity contribution in [2.24, 2.45) is 0 Å². The Labute approximate surface area is 316 Å². The molecule has 9 heteroatoms. The second-order valence-corrected chi connectivity index (χ2v) is 16.8. The zero-order valence-electron chi connectivity index (χ0n) is 30.3. The van der Waals surface area contributed by atoms with E-state index >= 15 is 13.2 Å². The van der Waals surface area contributed by atoms with Crippen molar-refractivity contribution in [1.82, 2.24) is 25.9 Å². The van der Waals surface area contributed by atoms with Gasteiger partial charge in [-0.2, -0.15) is 18.2 Å². The van der Waals surface area contributed by atoms with E-state index in [0.29, 0.717) is 0 Å². The van der Waals surface area contributed by atoms with Gasteiger partial charge in [-0.15, -0.1) is 0 Å². The highest BCUT2D eigenvalue weighted by Gasteiger charge is 2.67. The molecule has 14 atom stereocenters. The number of fused-ring (bicyclic) bond motifs is 14. The molecular formula is C45H50F3N5O. The molecule has 0 saturated carbocycles. The van der Waals surface area contributed by atoms with Crippen LogP contribution in [-0.2, 0) is 0 Å². The van der Waals surface area contributed by atoms with E-state index in [1.807, 2.05) is 91.0 Å². The van der Waals surface area contributed by atoms with E-state index in [1.165, 1.54) is 10.6 Å². The largest absolute Gasteiger partial charge is 0.460 e. The molecule has 6 heterocycles. The minimum atomic E-state index is -4.68. The molecule has 14 unspecified atom stereocenters. The Morgan fingerprint density at radius 2 is 0.741 bits per heavy atom. The SMILES string of the molecule is ON1C2C3CCC(N3)C(c3ccccc3)C3CCC(N3)C(c3ccccc3)C3C(c4ccccc4)C(c4ccccc4)C(C1C1CCC2N1)N3C(F)(F)F. The Morgan fingerprint density at radius 3 is 1.20 bits per heavy atom. The average molecular weight is 734 g/mol. The van der Waals surface area contributed by atoms with Crippen LogP contribution in [0, 0.1) is 0 Å². The maximum absolute atomic E-state index is 16.7. The monoisotopic (exact) mass is 733 g/mol. The van der Waals surface area contributed by atoms with Crippen LogP contribution in [0.2, 0.25) is 0 Å². The number of halogens is 3. The zero-order chi connectivity index (χ0) is 36.6. The topological polar surface area (TPSA) is 62.8 Å². The van der Waals surface area contributed by atoms with Crippen molar-refractivity contribution in [3.63, 3.8) is 0 Å². The molecule has 6 aliphatic heterocycles. The molecule has 6 fully saturated rings. The molecule has 0 aromatic heterocycles. The molecule has 6 nitrogen and oxygen atoms in total.